The minimum absolute atomic E-state index is 0.379. The molecule has 2 aromatic carbocycles. The van der Waals surface area contributed by atoms with Crippen LogP contribution < -0.4 is 4.74 Å². The summed E-state index contributed by atoms with van der Waals surface area (Å²) in [6.45, 7) is 1.25. The molecule has 1 N–H and O–H groups in total. The van der Waals surface area contributed by atoms with E-state index in [1.54, 1.807) is 24.3 Å². The van der Waals surface area contributed by atoms with Crippen LogP contribution >= 0.6 is 0 Å². The Bertz CT molecular complexity index is 986. The van der Waals surface area contributed by atoms with Crippen molar-refractivity contribution in [2.75, 3.05) is 20.2 Å². The normalized spacial score (nSPS) is 15.0. The number of ether oxygens (including phenoxy) is 1. The van der Waals surface area contributed by atoms with Gasteiger partial charge in [0.1, 0.15) is 5.75 Å². The molecule has 144 valence electrons. The van der Waals surface area contributed by atoms with E-state index in [9.17, 15) is 9.59 Å². The molecule has 1 fully saturated rings. The second-order valence-electron chi connectivity index (χ2n) is 7.34. The number of methoxy groups -OCH3 is 1. The first-order valence-corrected chi connectivity index (χ1v) is 9.69. The predicted molar refractivity (Wildman–Crippen MR) is 109 cm³/mol. The lowest BCUT2D eigenvalue weighted by Crippen LogP contribution is -2.42. The second-order valence-corrected chi connectivity index (χ2v) is 7.34. The number of carbonyl (C=O) groups excluding carboxylic acids is 2. The van der Waals surface area contributed by atoms with E-state index in [-0.39, 0.29) is 0 Å². The molecule has 1 saturated heterocycles. The highest BCUT2D eigenvalue weighted by atomic mass is 16.5. The van der Waals surface area contributed by atoms with Gasteiger partial charge in [-0.3, -0.25) is 9.59 Å². The molecule has 1 aromatic heterocycles. The summed E-state index contributed by atoms with van der Waals surface area (Å²) in [4.78, 5) is 30.5. The van der Waals surface area contributed by atoms with Gasteiger partial charge in [-0.2, -0.15) is 0 Å². The number of rotatable bonds is 5. The van der Waals surface area contributed by atoms with Gasteiger partial charge in [0.25, 0.3) is 11.7 Å². The number of Topliss-reactive ketones (excluding diaryl/α,β-unsaturated/α-hetero) is 1. The summed E-state index contributed by atoms with van der Waals surface area (Å²) in [6.07, 6.45) is 4.47. The Hall–Kier alpha value is -3.08. The van der Waals surface area contributed by atoms with Gasteiger partial charge in [-0.25, -0.2) is 0 Å². The number of ketones is 1. The first kappa shape index (κ1) is 18.3. The van der Waals surface area contributed by atoms with Gasteiger partial charge >= 0.3 is 0 Å². The minimum atomic E-state index is -0.475. The zero-order valence-electron chi connectivity index (χ0n) is 16.0. The summed E-state index contributed by atoms with van der Waals surface area (Å²) >= 11 is 0. The van der Waals surface area contributed by atoms with Gasteiger partial charge in [0.15, 0.2) is 0 Å². The molecular weight excluding hydrogens is 352 g/mol. The Kier molecular flexibility index (Phi) is 5.15. The van der Waals surface area contributed by atoms with Crippen molar-refractivity contribution < 1.29 is 14.3 Å². The van der Waals surface area contributed by atoms with Gasteiger partial charge in [-0.15, -0.1) is 0 Å². The molecule has 0 atom stereocenters. The fraction of sp³-hybridized carbons (Fsp3) is 0.304. The van der Waals surface area contributed by atoms with Gasteiger partial charge in [-0.1, -0.05) is 36.4 Å². The first-order chi connectivity index (χ1) is 13.7. The Morgan fingerprint density at radius 1 is 1.07 bits per heavy atom. The molecule has 0 radical (unpaired) electrons. The molecule has 0 aliphatic carbocycles. The van der Waals surface area contributed by atoms with Crippen molar-refractivity contribution in [2.24, 2.45) is 5.92 Å². The van der Waals surface area contributed by atoms with Crippen LogP contribution in [0.1, 0.15) is 28.8 Å². The lowest BCUT2D eigenvalue weighted by atomic mass is 9.90. The van der Waals surface area contributed by atoms with E-state index >= 15 is 0 Å². The molecule has 0 unspecified atom stereocenters. The zero-order chi connectivity index (χ0) is 19.5. The molecule has 2 heterocycles. The molecule has 1 aliphatic rings. The van der Waals surface area contributed by atoms with E-state index in [4.69, 9.17) is 4.74 Å². The molecule has 1 amide bonds. The van der Waals surface area contributed by atoms with Crippen LogP contribution in [0.3, 0.4) is 0 Å². The summed E-state index contributed by atoms with van der Waals surface area (Å²) in [7, 11) is 1.56. The molecule has 3 aromatic rings. The van der Waals surface area contributed by atoms with Crippen LogP contribution in [0.5, 0.6) is 5.75 Å². The van der Waals surface area contributed by atoms with Crippen LogP contribution in [-0.2, 0) is 11.2 Å². The van der Waals surface area contributed by atoms with Gasteiger partial charge < -0.3 is 14.6 Å². The third-order valence-corrected chi connectivity index (χ3v) is 5.60. The summed E-state index contributed by atoms with van der Waals surface area (Å²) in [5, 5.41) is 0.669. The summed E-state index contributed by atoms with van der Waals surface area (Å²) < 4.78 is 5.38. The van der Waals surface area contributed by atoms with Gasteiger partial charge in [0.2, 0.25) is 0 Å². The van der Waals surface area contributed by atoms with Crippen molar-refractivity contribution in [3.63, 3.8) is 0 Å². The molecule has 28 heavy (non-hydrogen) atoms. The number of nitrogens with zero attached hydrogens (tertiary/aromatic N) is 1. The second kappa shape index (κ2) is 7.89. The number of piperidine rings is 1. The highest BCUT2D eigenvalue weighted by Gasteiger charge is 2.29. The number of aromatic nitrogens is 1. The predicted octanol–water partition coefficient (Wildman–Crippen LogP) is 3.84. The van der Waals surface area contributed by atoms with Crippen molar-refractivity contribution in [1.82, 2.24) is 9.88 Å². The number of carbonyl (C=O) groups is 2. The van der Waals surface area contributed by atoms with Crippen LogP contribution in [0, 0.1) is 5.92 Å². The van der Waals surface area contributed by atoms with E-state index in [2.05, 4.69) is 29.2 Å². The monoisotopic (exact) mass is 376 g/mol. The molecular formula is C23H24N2O3. The third kappa shape index (κ3) is 3.52. The van der Waals surface area contributed by atoms with E-state index < -0.39 is 11.7 Å². The standard InChI is InChI=1S/C23H24N2O3/c1-28-20-9-5-8-19-21(20)18(15-24-19)22(26)23(27)25-12-10-17(11-13-25)14-16-6-3-2-4-7-16/h2-9,15,17,24H,10-14H2,1H3. The number of hydrogen-bond acceptors (Lipinski definition) is 3. The maximum atomic E-state index is 12.9. The lowest BCUT2D eigenvalue weighted by molar-refractivity contribution is -0.127. The molecule has 4 rings (SSSR count). The van der Waals surface area contributed by atoms with E-state index in [0.717, 1.165) is 24.8 Å². The lowest BCUT2D eigenvalue weighted by Gasteiger charge is -2.31. The maximum Gasteiger partial charge on any atom is 0.295 e. The first-order valence-electron chi connectivity index (χ1n) is 9.69. The van der Waals surface area contributed by atoms with E-state index in [0.29, 0.717) is 35.7 Å². The fourth-order valence-corrected chi connectivity index (χ4v) is 4.05. The number of aromatic amines is 1. The minimum Gasteiger partial charge on any atom is -0.496 e. The molecule has 0 spiro atoms. The topological polar surface area (TPSA) is 62.4 Å². The smallest absolute Gasteiger partial charge is 0.295 e. The molecule has 0 bridgehead atoms. The van der Waals surface area contributed by atoms with Crippen LogP contribution in [-0.4, -0.2) is 41.8 Å². The number of nitrogens with one attached hydrogen (secondary N) is 1. The molecule has 1 aliphatic heterocycles. The average Bonchev–Trinajstić information content (AvgIpc) is 3.18. The highest BCUT2D eigenvalue weighted by Crippen LogP contribution is 2.29. The van der Waals surface area contributed by atoms with Crippen molar-refractivity contribution in [3.8, 4) is 5.75 Å². The van der Waals surface area contributed by atoms with Gasteiger partial charge in [0.05, 0.1) is 18.1 Å². The SMILES string of the molecule is COc1cccc2[nH]cc(C(=O)C(=O)N3CCC(Cc4ccccc4)CC3)c12. The average molecular weight is 376 g/mol. The number of amides is 1. The summed E-state index contributed by atoms with van der Waals surface area (Å²) in [5.41, 5.74) is 2.50. The van der Waals surface area contributed by atoms with Crippen molar-refractivity contribution in [2.45, 2.75) is 19.3 Å². The van der Waals surface area contributed by atoms with E-state index in [1.807, 2.05) is 18.2 Å². The number of likely N-dealkylation sites (tertiary alicyclic amines) is 1. The molecule has 5 heteroatoms. The van der Waals surface area contributed by atoms with Crippen LogP contribution in [0.4, 0.5) is 0 Å². The van der Waals surface area contributed by atoms with Crippen molar-refractivity contribution >= 4 is 22.6 Å². The number of H-pyrrole nitrogens is 1. The summed E-state index contributed by atoms with van der Waals surface area (Å²) in [6, 6.07) is 15.9. The van der Waals surface area contributed by atoms with Gasteiger partial charge in [0, 0.05) is 24.8 Å². The molecule has 5 nitrogen and oxygen atoms in total. The maximum absolute atomic E-state index is 12.9. The molecule has 0 saturated carbocycles. The quantitative estimate of drug-likeness (QED) is 0.544. The zero-order valence-corrected chi connectivity index (χ0v) is 16.0. The highest BCUT2D eigenvalue weighted by molar-refractivity contribution is 6.45. The van der Waals surface area contributed by atoms with E-state index in [1.165, 1.54) is 5.56 Å². The number of hydrogen-bond donors (Lipinski definition) is 1. The largest absolute Gasteiger partial charge is 0.496 e. The van der Waals surface area contributed by atoms with Crippen LogP contribution in [0.2, 0.25) is 0 Å². The van der Waals surface area contributed by atoms with Crippen molar-refractivity contribution in [3.05, 3.63) is 65.9 Å². The Labute approximate surface area is 164 Å². The third-order valence-electron chi connectivity index (χ3n) is 5.60. The Morgan fingerprint density at radius 2 is 1.82 bits per heavy atom. The summed E-state index contributed by atoms with van der Waals surface area (Å²) in [5.74, 6) is 0.244. The van der Waals surface area contributed by atoms with Crippen LogP contribution in [0.15, 0.2) is 54.7 Å². The van der Waals surface area contributed by atoms with Crippen LogP contribution in [0.25, 0.3) is 10.9 Å². The number of benzene rings is 2. The van der Waals surface area contributed by atoms with Crippen molar-refractivity contribution in [1.29, 1.82) is 0 Å². The van der Waals surface area contributed by atoms with Gasteiger partial charge in [-0.05, 0) is 42.9 Å². The Morgan fingerprint density at radius 3 is 2.54 bits per heavy atom. The number of fused-ring (bicyclic) bond motifs is 1. The Balaban J connectivity index is 1.44. The fourth-order valence-electron chi connectivity index (χ4n) is 4.05.